The molecule has 0 saturated carbocycles. The van der Waals surface area contributed by atoms with E-state index in [0.717, 1.165) is 10.6 Å². The molecular weight excluding hydrogens is 275 g/mol. The molecule has 0 aliphatic carbocycles. The highest BCUT2D eigenvalue weighted by Gasteiger charge is 2.15. The second-order valence-corrected chi connectivity index (χ2v) is 5.79. The number of carbonyl (C=O) groups is 1. The highest BCUT2D eigenvalue weighted by atomic mass is 32.2. The summed E-state index contributed by atoms with van der Waals surface area (Å²) in [6.07, 6.45) is 1.76. The number of amides is 1. The van der Waals surface area contributed by atoms with Crippen molar-refractivity contribution >= 4 is 23.4 Å². The molecule has 0 bridgehead atoms. The predicted molar refractivity (Wildman–Crippen MR) is 79.3 cm³/mol. The number of halogens is 1. The fourth-order valence-corrected chi connectivity index (χ4v) is 2.36. The van der Waals surface area contributed by atoms with Crippen molar-refractivity contribution in [3.05, 3.63) is 54.0 Å². The Morgan fingerprint density at radius 1 is 1.35 bits per heavy atom. The number of hydrogen-bond acceptors (Lipinski definition) is 3. The molecule has 20 heavy (non-hydrogen) atoms. The van der Waals surface area contributed by atoms with Crippen molar-refractivity contribution < 1.29 is 9.18 Å². The summed E-state index contributed by atoms with van der Waals surface area (Å²) in [5.41, 5.74) is 1.53. The van der Waals surface area contributed by atoms with Crippen LogP contribution in [0, 0.1) is 12.7 Å². The van der Waals surface area contributed by atoms with Crippen LogP contribution < -0.4 is 5.32 Å². The zero-order valence-electron chi connectivity index (χ0n) is 11.3. The van der Waals surface area contributed by atoms with E-state index >= 15 is 0 Å². The molecule has 0 radical (unpaired) electrons. The van der Waals surface area contributed by atoms with E-state index in [9.17, 15) is 9.18 Å². The molecule has 1 aromatic heterocycles. The van der Waals surface area contributed by atoms with Crippen LogP contribution in [0.3, 0.4) is 0 Å². The molecule has 0 fully saturated rings. The molecule has 0 spiro atoms. The Hall–Kier alpha value is -1.88. The van der Waals surface area contributed by atoms with Gasteiger partial charge in [0.25, 0.3) is 0 Å². The first-order valence-electron chi connectivity index (χ1n) is 6.20. The van der Waals surface area contributed by atoms with Crippen molar-refractivity contribution in [3.8, 4) is 0 Å². The molecule has 0 aliphatic rings. The Bertz CT molecular complexity index is 601. The minimum Gasteiger partial charge on any atom is -0.325 e. The number of nitrogens with zero attached hydrogens (tertiary/aromatic N) is 1. The van der Waals surface area contributed by atoms with Crippen LogP contribution in [0.5, 0.6) is 0 Å². The van der Waals surface area contributed by atoms with Gasteiger partial charge in [0.2, 0.25) is 5.91 Å². The average Bonchev–Trinajstić information content (AvgIpc) is 2.41. The summed E-state index contributed by atoms with van der Waals surface area (Å²) in [5.74, 6) is -0.550. The molecule has 2 rings (SSSR count). The molecule has 1 heterocycles. The lowest BCUT2D eigenvalue weighted by Gasteiger charge is -2.11. The number of pyridine rings is 1. The number of hydrogen-bond donors (Lipinski definition) is 1. The third kappa shape index (κ3) is 4.06. The van der Waals surface area contributed by atoms with Gasteiger partial charge in [-0.2, -0.15) is 0 Å². The van der Waals surface area contributed by atoms with Crippen LogP contribution in [0.4, 0.5) is 10.1 Å². The monoisotopic (exact) mass is 290 g/mol. The minimum absolute atomic E-state index is 0.178. The van der Waals surface area contributed by atoms with Gasteiger partial charge in [-0.1, -0.05) is 23.9 Å². The lowest BCUT2D eigenvalue weighted by Crippen LogP contribution is -2.22. The van der Waals surface area contributed by atoms with E-state index in [2.05, 4.69) is 10.3 Å². The molecule has 1 aromatic carbocycles. The van der Waals surface area contributed by atoms with E-state index in [1.54, 1.807) is 25.3 Å². The Balaban J connectivity index is 1.96. The van der Waals surface area contributed by atoms with E-state index in [1.807, 2.05) is 19.1 Å². The molecule has 1 amide bonds. The molecule has 3 nitrogen and oxygen atoms in total. The fourth-order valence-electron chi connectivity index (χ4n) is 1.57. The number of anilines is 1. The molecule has 104 valence electrons. The van der Waals surface area contributed by atoms with Crippen molar-refractivity contribution in [2.24, 2.45) is 0 Å². The summed E-state index contributed by atoms with van der Waals surface area (Å²) in [6, 6.07) is 9.68. The first kappa shape index (κ1) is 14.5. The molecule has 0 aliphatic heterocycles. The van der Waals surface area contributed by atoms with Crippen LogP contribution in [0.1, 0.15) is 12.5 Å². The van der Waals surface area contributed by atoms with E-state index in [0.29, 0.717) is 5.69 Å². The lowest BCUT2D eigenvalue weighted by atomic mass is 10.3. The standard InChI is InChI=1S/C15H15FN2OS/c1-10-6-7-14(17-9-10)20-11(2)15(19)18-13-5-3-4-12(16)8-13/h3-9,11H,1-2H3,(H,18,19). The van der Waals surface area contributed by atoms with Gasteiger partial charge in [-0.25, -0.2) is 9.37 Å². The summed E-state index contributed by atoms with van der Waals surface area (Å²) in [5, 5.41) is 3.16. The Kier molecular flexibility index (Phi) is 4.74. The van der Waals surface area contributed by atoms with Crippen molar-refractivity contribution in [2.45, 2.75) is 24.1 Å². The molecule has 1 N–H and O–H groups in total. The van der Waals surface area contributed by atoms with Gasteiger partial charge in [-0.3, -0.25) is 4.79 Å². The maximum absolute atomic E-state index is 13.0. The summed E-state index contributed by atoms with van der Waals surface area (Å²) < 4.78 is 13.0. The predicted octanol–water partition coefficient (Wildman–Crippen LogP) is 3.65. The smallest absolute Gasteiger partial charge is 0.237 e. The van der Waals surface area contributed by atoms with Crippen molar-refractivity contribution in [1.82, 2.24) is 4.98 Å². The van der Waals surface area contributed by atoms with Gasteiger partial charge in [-0.05, 0) is 43.7 Å². The molecule has 5 heteroatoms. The van der Waals surface area contributed by atoms with Gasteiger partial charge in [0.1, 0.15) is 5.82 Å². The van der Waals surface area contributed by atoms with Gasteiger partial charge in [-0.15, -0.1) is 0 Å². The summed E-state index contributed by atoms with van der Waals surface area (Å²) in [7, 11) is 0. The fraction of sp³-hybridized carbons (Fsp3) is 0.200. The van der Waals surface area contributed by atoms with Crippen molar-refractivity contribution in [3.63, 3.8) is 0 Å². The Morgan fingerprint density at radius 3 is 2.80 bits per heavy atom. The van der Waals surface area contributed by atoms with Gasteiger partial charge >= 0.3 is 0 Å². The van der Waals surface area contributed by atoms with Crippen LogP contribution in [0.2, 0.25) is 0 Å². The highest BCUT2D eigenvalue weighted by Crippen LogP contribution is 2.22. The van der Waals surface area contributed by atoms with Crippen LogP contribution in [0.15, 0.2) is 47.6 Å². The van der Waals surface area contributed by atoms with Crippen LogP contribution in [-0.4, -0.2) is 16.1 Å². The maximum Gasteiger partial charge on any atom is 0.237 e. The SMILES string of the molecule is Cc1ccc(SC(C)C(=O)Nc2cccc(F)c2)nc1. The van der Waals surface area contributed by atoms with Gasteiger partial charge in [0.05, 0.1) is 10.3 Å². The number of thioether (sulfide) groups is 1. The second kappa shape index (κ2) is 6.52. The molecule has 2 aromatic rings. The summed E-state index contributed by atoms with van der Waals surface area (Å²) in [6.45, 7) is 3.75. The zero-order valence-corrected chi connectivity index (χ0v) is 12.1. The van der Waals surface area contributed by atoms with E-state index in [4.69, 9.17) is 0 Å². The van der Waals surface area contributed by atoms with Crippen LogP contribution in [0.25, 0.3) is 0 Å². The van der Waals surface area contributed by atoms with Crippen LogP contribution in [-0.2, 0) is 4.79 Å². The summed E-state index contributed by atoms with van der Waals surface area (Å²) >= 11 is 1.37. The van der Waals surface area contributed by atoms with Crippen molar-refractivity contribution in [1.29, 1.82) is 0 Å². The van der Waals surface area contributed by atoms with Gasteiger partial charge in [0, 0.05) is 11.9 Å². The molecule has 1 unspecified atom stereocenters. The second-order valence-electron chi connectivity index (χ2n) is 4.43. The number of aryl methyl sites for hydroxylation is 1. The third-order valence-corrected chi connectivity index (χ3v) is 3.69. The van der Waals surface area contributed by atoms with Gasteiger partial charge in [0.15, 0.2) is 0 Å². The number of carbonyl (C=O) groups excluding carboxylic acids is 1. The highest BCUT2D eigenvalue weighted by molar-refractivity contribution is 8.00. The van der Waals surface area contributed by atoms with Crippen molar-refractivity contribution in [2.75, 3.05) is 5.32 Å². The number of benzene rings is 1. The van der Waals surface area contributed by atoms with E-state index in [1.165, 1.54) is 23.9 Å². The van der Waals surface area contributed by atoms with Gasteiger partial charge < -0.3 is 5.32 Å². The molecule has 1 atom stereocenters. The minimum atomic E-state index is -0.372. The normalized spacial score (nSPS) is 11.9. The first-order chi connectivity index (χ1) is 9.54. The third-order valence-electron chi connectivity index (χ3n) is 2.64. The summed E-state index contributed by atoms with van der Waals surface area (Å²) in [4.78, 5) is 16.3. The number of rotatable bonds is 4. The van der Waals surface area contributed by atoms with E-state index < -0.39 is 0 Å². The Morgan fingerprint density at radius 2 is 2.15 bits per heavy atom. The number of nitrogens with one attached hydrogen (secondary N) is 1. The topological polar surface area (TPSA) is 42.0 Å². The lowest BCUT2D eigenvalue weighted by molar-refractivity contribution is -0.115. The largest absolute Gasteiger partial charge is 0.325 e. The first-order valence-corrected chi connectivity index (χ1v) is 7.08. The van der Waals surface area contributed by atoms with Crippen LogP contribution >= 0.6 is 11.8 Å². The Labute approximate surface area is 121 Å². The molecular formula is C15H15FN2OS. The zero-order chi connectivity index (χ0) is 14.5. The number of aromatic nitrogens is 1. The average molecular weight is 290 g/mol. The molecule has 0 saturated heterocycles. The van der Waals surface area contributed by atoms with E-state index in [-0.39, 0.29) is 17.0 Å². The quantitative estimate of drug-likeness (QED) is 0.874. The maximum atomic E-state index is 13.0.